The summed E-state index contributed by atoms with van der Waals surface area (Å²) in [5.41, 5.74) is 16.5. The summed E-state index contributed by atoms with van der Waals surface area (Å²) in [6.45, 7) is 8.36. The third-order valence-corrected chi connectivity index (χ3v) is 2.92. The van der Waals surface area contributed by atoms with E-state index in [0.717, 1.165) is 23.4 Å². The lowest BCUT2D eigenvalue weighted by Gasteiger charge is -2.03. The molecule has 0 bridgehead atoms. The highest BCUT2D eigenvalue weighted by Gasteiger charge is 1.98. The van der Waals surface area contributed by atoms with E-state index in [2.05, 4.69) is 29.9 Å². The smallest absolute Gasteiger partial charge is 0.125 e. The van der Waals surface area contributed by atoms with E-state index in [4.69, 9.17) is 11.5 Å². The Kier molecular flexibility index (Phi) is 6.12. The quantitative estimate of drug-likeness (QED) is 0.653. The van der Waals surface area contributed by atoms with Gasteiger partial charge in [0, 0.05) is 24.0 Å². The summed E-state index contributed by atoms with van der Waals surface area (Å²) in [5, 5.41) is 0. The van der Waals surface area contributed by atoms with Crippen LogP contribution < -0.4 is 11.5 Å². The summed E-state index contributed by atoms with van der Waals surface area (Å²) in [6.07, 6.45) is 2.48. The van der Waals surface area contributed by atoms with E-state index in [1.807, 2.05) is 26.0 Å². The fraction of sp³-hybridized carbons (Fsp3) is 0.375. The van der Waals surface area contributed by atoms with Crippen molar-refractivity contribution in [2.45, 2.75) is 34.1 Å². The number of amidine groups is 1. The minimum absolute atomic E-state index is 0.389. The number of hydrogen-bond donors (Lipinski definition) is 2. The first-order valence-electron chi connectivity index (χ1n) is 6.81. The van der Waals surface area contributed by atoms with Gasteiger partial charge in [-0.1, -0.05) is 13.0 Å². The van der Waals surface area contributed by atoms with Crippen LogP contribution in [0.15, 0.2) is 39.5 Å². The molecule has 0 spiro atoms. The van der Waals surface area contributed by atoms with Crippen LogP contribution in [0.4, 0.5) is 5.69 Å². The molecule has 1 rings (SSSR count). The molecule has 0 saturated heterocycles. The van der Waals surface area contributed by atoms with E-state index in [1.54, 1.807) is 6.21 Å². The maximum absolute atomic E-state index is 5.87. The van der Waals surface area contributed by atoms with Crippen LogP contribution in [0.2, 0.25) is 0 Å². The predicted molar refractivity (Wildman–Crippen MR) is 87.7 cm³/mol. The molecule has 0 fully saturated rings. The van der Waals surface area contributed by atoms with Crippen LogP contribution in [0.3, 0.4) is 0 Å². The number of rotatable bonds is 4. The van der Waals surface area contributed by atoms with Crippen molar-refractivity contribution in [3.05, 3.63) is 40.6 Å². The maximum atomic E-state index is 5.87. The highest BCUT2D eigenvalue weighted by atomic mass is 14.9. The Morgan fingerprint density at radius 2 is 1.80 bits per heavy atom. The lowest BCUT2D eigenvalue weighted by Crippen LogP contribution is -2.12. The molecule has 0 atom stereocenters. The van der Waals surface area contributed by atoms with Crippen molar-refractivity contribution < 1.29 is 0 Å². The summed E-state index contributed by atoms with van der Waals surface area (Å²) in [5.74, 6) is 0.685. The van der Waals surface area contributed by atoms with Crippen LogP contribution in [0.25, 0.3) is 0 Å². The predicted octanol–water partition coefficient (Wildman–Crippen LogP) is 3.01. The summed E-state index contributed by atoms with van der Waals surface area (Å²) in [4.78, 5) is 8.81. The Hall–Kier alpha value is -1.94. The first-order valence-corrected chi connectivity index (χ1v) is 6.81. The molecule has 4 nitrogen and oxygen atoms in total. The van der Waals surface area contributed by atoms with Gasteiger partial charge in [0.05, 0.1) is 5.69 Å². The van der Waals surface area contributed by atoms with Crippen molar-refractivity contribution in [2.75, 3.05) is 6.54 Å². The van der Waals surface area contributed by atoms with Crippen LogP contribution in [-0.2, 0) is 0 Å². The van der Waals surface area contributed by atoms with Gasteiger partial charge in [0.25, 0.3) is 0 Å². The van der Waals surface area contributed by atoms with Crippen LogP contribution in [0.1, 0.15) is 31.4 Å². The van der Waals surface area contributed by atoms with Crippen molar-refractivity contribution in [3.8, 4) is 0 Å². The van der Waals surface area contributed by atoms with E-state index < -0.39 is 0 Å². The molecular formula is C16H24N4. The number of allylic oxidation sites excluding steroid dienone is 1. The minimum Gasteiger partial charge on any atom is -0.402 e. The molecule has 1 aromatic rings. The summed E-state index contributed by atoms with van der Waals surface area (Å²) in [6, 6.07) is 6.19. The molecule has 0 aromatic heterocycles. The molecule has 20 heavy (non-hydrogen) atoms. The molecule has 0 aliphatic carbocycles. The van der Waals surface area contributed by atoms with Gasteiger partial charge in [0.15, 0.2) is 0 Å². The zero-order valence-corrected chi connectivity index (χ0v) is 12.8. The topological polar surface area (TPSA) is 76.8 Å². The standard InChI is InChI=1S/C16H24N4/c1-5-16(18)14(9-17)10-19-13(4)20-15-7-11(2)6-12(3)8-15/h6-8,10H,5,9,17-18H2,1-4H3. The van der Waals surface area contributed by atoms with E-state index >= 15 is 0 Å². The monoisotopic (exact) mass is 272 g/mol. The second kappa shape index (κ2) is 7.60. The molecule has 0 unspecified atom stereocenters. The maximum Gasteiger partial charge on any atom is 0.125 e. The second-order valence-corrected chi connectivity index (χ2v) is 4.87. The third-order valence-electron chi connectivity index (χ3n) is 2.92. The third kappa shape index (κ3) is 4.97. The van der Waals surface area contributed by atoms with Gasteiger partial charge in [-0.3, -0.25) is 0 Å². The van der Waals surface area contributed by atoms with Crippen LogP contribution in [0, 0.1) is 13.8 Å². The first kappa shape index (κ1) is 16.1. The summed E-state index contributed by atoms with van der Waals surface area (Å²) >= 11 is 0. The number of aryl methyl sites for hydroxylation is 2. The van der Waals surface area contributed by atoms with Gasteiger partial charge in [-0.15, -0.1) is 0 Å². The Bertz CT molecular complexity index is 533. The second-order valence-electron chi connectivity index (χ2n) is 4.87. The molecule has 1 aromatic carbocycles. The summed E-state index contributed by atoms with van der Waals surface area (Å²) in [7, 11) is 0. The molecule has 0 aliphatic heterocycles. The summed E-state index contributed by atoms with van der Waals surface area (Å²) < 4.78 is 0. The van der Waals surface area contributed by atoms with Crippen molar-refractivity contribution in [3.63, 3.8) is 0 Å². The van der Waals surface area contributed by atoms with Crippen LogP contribution in [0.5, 0.6) is 0 Å². The van der Waals surface area contributed by atoms with E-state index in [0.29, 0.717) is 12.4 Å². The Balaban J connectivity index is 2.95. The molecule has 0 amide bonds. The highest BCUT2D eigenvalue weighted by molar-refractivity contribution is 5.94. The molecule has 0 heterocycles. The van der Waals surface area contributed by atoms with Gasteiger partial charge in [0.2, 0.25) is 0 Å². The fourth-order valence-corrected chi connectivity index (χ4v) is 1.90. The molecule has 0 aliphatic rings. The minimum atomic E-state index is 0.389. The average Bonchev–Trinajstić information content (AvgIpc) is 2.37. The Morgan fingerprint density at radius 3 is 2.30 bits per heavy atom. The Morgan fingerprint density at radius 1 is 1.20 bits per heavy atom. The number of nitrogens with zero attached hydrogens (tertiary/aromatic N) is 2. The van der Waals surface area contributed by atoms with Gasteiger partial charge in [-0.2, -0.15) is 0 Å². The highest BCUT2D eigenvalue weighted by Crippen LogP contribution is 2.17. The molecule has 4 heteroatoms. The zero-order chi connectivity index (χ0) is 15.1. The average molecular weight is 272 g/mol. The normalized spacial score (nSPS) is 13.8. The fourth-order valence-electron chi connectivity index (χ4n) is 1.90. The SMILES string of the molecule is CCC(N)=C(C=NC(C)=Nc1cc(C)cc(C)c1)CN. The molecule has 0 saturated carbocycles. The number of benzene rings is 1. The first-order chi connectivity index (χ1) is 9.46. The van der Waals surface area contributed by atoms with Gasteiger partial charge in [-0.25, -0.2) is 9.98 Å². The number of nitrogens with two attached hydrogens (primary N) is 2. The molecule has 4 N–H and O–H groups in total. The van der Waals surface area contributed by atoms with Crippen LogP contribution >= 0.6 is 0 Å². The number of hydrogen-bond acceptors (Lipinski definition) is 3. The number of aliphatic imine (C=N–C) groups is 2. The van der Waals surface area contributed by atoms with Gasteiger partial charge >= 0.3 is 0 Å². The van der Waals surface area contributed by atoms with Gasteiger partial charge in [-0.05, 0) is 50.5 Å². The lowest BCUT2D eigenvalue weighted by atomic mass is 10.1. The van der Waals surface area contributed by atoms with Gasteiger partial charge in [0.1, 0.15) is 5.84 Å². The molecular weight excluding hydrogens is 248 g/mol. The lowest BCUT2D eigenvalue weighted by molar-refractivity contribution is 1.02. The van der Waals surface area contributed by atoms with E-state index in [-0.39, 0.29) is 0 Å². The largest absolute Gasteiger partial charge is 0.402 e. The Labute approximate surface area is 121 Å². The van der Waals surface area contributed by atoms with Crippen molar-refractivity contribution in [2.24, 2.45) is 21.5 Å². The van der Waals surface area contributed by atoms with Crippen molar-refractivity contribution >= 4 is 17.7 Å². The van der Waals surface area contributed by atoms with Crippen molar-refractivity contribution in [1.29, 1.82) is 0 Å². The zero-order valence-electron chi connectivity index (χ0n) is 12.8. The molecule has 0 radical (unpaired) electrons. The molecule has 108 valence electrons. The van der Waals surface area contributed by atoms with Crippen LogP contribution in [-0.4, -0.2) is 18.6 Å². The van der Waals surface area contributed by atoms with Gasteiger partial charge < -0.3 is 11.5 Å². The van der Waals surface area contributed by atoms with E-state index in [1.165, 1.54) is 11.1 Å². The van der Waals surface area contributed by atoms with E-state index in [9.17, 15) is 0 Å². The van der Waals surface area contributed by atoms with Crippen molar-refractivity contribution in [1.82, 2.24) is 0 Å².